The van der Waals surface area contributed by atoms with Gasteiger partial charge >= 0.3 is 0 Å². The first-order valence-electron chi connectivity index (χ1n) is 9.48. The van der Waals surface area contributed by atoms with Gasteiger partial charge in [-0.3, -0.25) is 4.79 Å². The Morgan fingerprint density at radius 2 is 1.69 bits per heavy atom. The molecule has 1 aromatic heterocycles. The summed E-state index contributed by atoms with van der Waals surface area (Å²) in [6.07, 6.45) is 0. The molecule has 0 aliphatic heterocycles. The number of para-hydroxylation sites is 1. The van der Waals surface area contributed by atoms with E-state index in [4.69, 9.17) is 4.74 Å². The van der Waals surface area contributed by atoms with E-state index in [1.807, 2.05) is 42.5 Å². The van der Waals surface area contributed by atoms with E-state index in [1.54, 1.807) is 19.2 Å². The largest absolute Gasteiger partial charge is 0.497 e. The van der Waals surface area contributed by atoms with Crippen LogP contribution in [-0.4, -0.2) is 23.2 Å². The highest BCUT2D eigenvalue weighted by Gasteiger charge is 2.18. The van der Waals surface area contributed by atoms with Crippen LogP contribution in [0.25, 0.3) is 0 Å². The molecule has 2 N–H and O–H groups in total. The smallest absolute Gasteiger partial charge is 0.272 e. The Bertz CT molecular complexity index is 961. The quantitative estimate of drug-likeness (QED) is 0.650. The summed E-state index contributed by atoms with van der Waals surface area (Å²) < 4.78 is 5.13. The molecule has 0 bridgehead atoms. The van der Waals surface area contributed by atoms with Gasteiger partial charge in [0.25, 0.3) is 5.91 Å². The average Bonchev–Trinajstić information content (AvgIpc) is 2.72. The first kappa shape index (κ1) is 20.3. The fourth-order valence-electron chi connectivity index (χ4n) is 2.92. The van der Waals surface area contributed by atoms with Crippen LogP contribution in [0.1, 0.15) is 42.4 Å². The fraction of sp³-hybridized carbons (Fsp3) is 0.261. The Morgan fingerprint density at radius 3 is 2.31 bits per heavy atom. The number of carbonyl (C=O) groups excluding carboxylic acids is 1. The molecule has 1 heterocycles. The molecule has 29 heavy (non-hydrogen) atoms. The lowest BCUT2D eigenvalue weighted by Crippen LogP contribution is -2.24. The lowest BCUT2D eigenvalue weighted by atomic mass is 9.86. The van der Waals surface area contributed by atoms with Gasteiger partial charge in [0.2, 0.25) is 0 Å². The Kier molecular flexibility index (Phi) is 6.12. The lowest BCUT2D eigenvalue weighted by Gasteiger charge is -2.23. The number of hydrogen-bond donors (Lipinski definition) is 2. The van der Waals surface area contributed by atoms with Gasteiger partial charge in [0.1, 0.15) is 5.75 Å². The van der Waals surface area contributed by atoms with Crippen molar-refractivity contribution in [3.8, 4) is 5.75 Å². The molecule has 1 amide bonds. The minimum Gasteiger partial charge on any atom is -0.497 e. The van der Waals surface area contributed by atoms with Crippen LogP contribution in [0.3, 0.4) is 0 Å². The zero-order valence-corrected chi connectivity index (χ0v) is 17.2. The van der Waals surface area contributed by atoms with Crippen LogP contribution in [0.15, 0.2) is 60.7 Å². The summed E-state index contributed by atoms with van der Waals surface area (Å²) in [5.74, 6) is 1.10. The van der Waals surface area contributed by atoms with Crippen LogP contribution < -0.4 is 15.4 Å². The zero-order valence-electron chi connectivity index (χ0n) is 17.2. The molecule has 3 aromatic rings. The van der Waals surface area contributed by atoms with E-state index in [0.717, 1.165) is 17.0 Å². The minimum atomic E-state index is -0.269. The monoisotopic (exact) mass is 390 g/mol. The number of amides is 1. The van der Waals surface area contributed by atoms with Crippen LogP contribution in [-0.2, 0) is 12.0 Å². The number of hydrogen-bond acceptors (Lipinski definition) is 5. The maximum absolute atomic E-state index is 12.3. The Morgan fingerprint density at radius 1 is 0.966 bits per heavy atom. The van der Waals surface area contributed by atoms with E-state index in [1.165, 1.54) is 5.56 Å². The standard InChI is InChI=1S/C23H26N4O2/c1-23(2,3)18-7-5-6-8-19(18)25-21-14-13-20(26-27-21)22(28)24-15-16-9-11-17(29-4)12-10-16/h5-14H,15H2,1-4H3,(H,24,28)(H,25,27). The summed E-state index contributed by atoms with van der Waals surface area (Å²) >= 11 is 0. The van der Waals surface area contributed by atoms with Crippen molar-refractivity contribution in [2.24, 2.45) is 0 Å². The molecule has 0 radical (unpaired) electrons. The van der Waals surface area contributed by atoms with Crippen molar-refractivity contribution in [2.75, 3.05) is 12.4 Å². The Hall–Kier alpha value is -3.41. The second kappa shape index (κ2) is 8.73. The van der Waals surface area contributed by atoms with Crippen molar-refractivity contribution in [3.63, 3.8) is 0 Å². The van der Waals surface area contributed by atoms with Gasteiger partial charge in [-0.25, -0.2) is 0 Å². The first-order chi connectivity index (χ1) is 13.9. The Balaban J connectivity index is 1.63. The number of methoxy groups -OCH3 is 1. The average molecular weight is 390 g/mol. The van der Waals surface area contributed by atoms with Gasteiger partial charge in [0.05, 0.1) is 7.11 Å². The highest BCUT2D eigenvalue weighted by atomic mass is 16.5. The molecule has 0 aliphatic rings. The number of nitrogens with zero attached hydrogens (tertiary/aromatic N) is 2. The summed E-state index contributed by atoms with van der Waals surface area (Å²) in [7, 11) is 1.62. The van der Waals surface area contributed by atoms with E-state index < -0.39 is 0 Å². The van der Waals surface area contributed by atoms with Crippen molar-refractivity contribution in [2.45, 2.75) is 32.7 Å². The third-order valence-electron chi connectivity index (χ3n) is 4.51. The van der Waals surface area contributed by atoms with Gasteiger partial charge in [-0.15, -0.1) is 10.2 Å². The van der Waals surface area contributed by atoms with Crippen molar-refractivity contribution >= 4 is 17.4 Å². The number of nitrogens with one attached hydrogen (secondary N) is 2. The topological polar surface area (TPSA) is 76.1 Å². The summed E-state index contributed by atoms with van der Waals surface area (Å²) in [5, 5.41) is 14.4. The van der Waals surface area contributed by atoms with Gasteiger partial charge < -0.3 is 15.4 Å². The molecular formula is C23H26N4O2. The highest BCUT2D eigenvalue weighted by Crippen LogP contribution is 2.30. The number of aromatic nitrogens is 2. The van der Waals surface area contributed by atoms with Crippen LogP contribution in [0, 0.1) is 0 Å². The molecule has 0 unspecified atom stereocenters. The van der Waals surface area contributed by atoms with Gasteiger partial charge in [-0.05, 0) is 46.9 Å². The van der Waals surface area contributed by atoms with Crippen LogP contribution in [0.5, 0.6) is 5.75 Å². The second-order valence-electron chi connectivity index (χ2n) is 7.76. The minimum absolute atomic E-state index is 0.00168. The molecule has 2 aromatic carbocycles. The van der Waals surface area contributed by atoms with Crippen molar-refractivity contribution < 1.29 is 9.53 Å². The van der Waals surface area contributed by atoms with Gasteiger partial charge in [0, 0.05) is 12.2 Å². The molecule has 6 nitrogen and oxygen atoms in total. The number of carbonyl (C=O) groups is 1. The summed E-state index contributed by atoms with van der Waals surface area (Å²) in [5.41, 5.74) is 3.41. The third kappa shape index (κ3) is 5.31. The second-order valence-corrected chi connectivity index (χ2v) is 7.76. The van der Waals surface area contributed by atoms with Crippen LogP contribution >= 0.6 is 0 Å². The first-order valence-corrected chi connectivity index (χ1v) is 9.48. The van der Waals surface area contributed by atoms with E-state index in [2.05, 4.69) is 47.7 Å². The highest BCUT2D eigenvalue weighted by molar-refractivity contribution is 5.92. The van der Waals surface area contributed by atoms with E-state index in [9.17, 15) is 4.79 Å². The molecule has 3 rings (SSSR count). The molecule has 0 saturated carbocycles. The third-order valence-corrected chi connectivity index (χ3v) is 4.51. The summed E-state index contributed by atoms with van der Waals surface area (Å²) in [4.78, 5) is 12.3. The SMILES string of the molecule is COc1ccc(CNC(=O)c2ccc(Nc3ccccc3C(C)(C)C)nn2)cc1. The van der Waals surface area contributed by atoms with Gasteiger partial charge in [-0.1, -0.05) is 51.1 Å². The van der Waals surface area contributed by atoms with Crippen molar-refractivity contribution in [1.29, 1.82) is 0 Å². The maximum atomic E-state index is 12.3. The van der Waals surface area contributed by atoms with Crippen molar-refractivity contribution in [3.05, 3.63) is 77.5 Å². The molecule has 150 valence electrons. The summed E-state index contributed by atoms with van der Waals surface area (Å²) in [6.45, 7) is 6.89. The number of benzene rings is 2. The normalized spacial score (nSPS) is 11.0. The fourth-order valence-corrected chi connectivity index (χ4v) is 2.92. The molecule has 0 aliphatic carbocycles. The van der Waals surface area contributed by atoms with Gasteiger partial charge in [-0.2, -0.15) is 0 Å². The molecular weight excluding hydrogens is 364 g/mol. The van der Waals surface area contributed by atoms with Crippen LogP contribution in [0.2, 0.25) is 0 Å². The van der Waals surface area contributed by atoms with E-state index in [-0.39, 0.29) is 17.0 Å². The molecule has 0 saturated heterocycles. The molecule has 0 spiro atoms. The zero-order chi connectivity index (χ0) is 20.9. The number of ether oxygens (including phenoxy) is 1. The lowest BCUT2D eigenvalue weighted by molar-refractivity contribution is 0.0945. The van der Waals surface area contributed by atoms with Crippen molar-refractivity contribution in [1.82, 2.24) is 15.5 Å². The van der Waals surface area contributed by atoms with E-state index in [0.29, 0.717) is 12.4 Å². The number of rotatable bonds is 6. The van der Waals surface area contributed by atoms with Gasteiger partial charge in [0.15, 0.2) is 11.5 Å². The predicted octanol–water partition coefficient (Wildman–Crippen LogP) is 4.46. The number of anilines is 2. The molecule has 0 fully saturated rings. The van der Waals surface area contributed by atoms with Crippen LogP contribution in [0.4, 0.5) is 11.5 Å². The predicted molar refractivity (Wildman–Crippen MR) is 115 cm³/mol. The molecule has 6 heteroatoms. The maximum Gasteiger partial charge on any atom is 0.272 e. The Labute approximate surface area is 171 Å². The summed E-state index contributed by atoms with van der Waals surface area (Å²) in [6, 6.07) is 19.1. The van der Waals surface area contributed by atoms with E-state index >= 15 is 0 Å². The molecule has 0 atom stereocenters.